The summed E-state index contributed by atoms with van der Waals surface area (Å²) in [6.07, 6.45) is 1.28. The Labute approximate surface area is 125 Å². The third-order valence-corrected chi connectivity index (χ3v) is 2.74. The van der Waals surface area contributed by atoms with Crippen LogP contribution in [0.15, 0.2) is 18.3 Å². The van der Waals surface area contributed by atoms with E-state index in [1.165, 1.54) is 4.90 Å². The molecule has 0 aliphatic heterocycles. The van der Waals surface area contributed by atoms with E-state index in [0.29, 0.717) is 24.5 Å². The van der Waals surface area contributed by atoms with Crippen LogP contribution in [-0.4, -0.2) is 48.8 Å². The van der Waals surface area contributed by atoms with Crippen molar-refractivity contribution >= 4 is 11.9 Å². The maximum Gasteiger partial charge on any atom is 0.410 e. The van der Waals surface area contributed by atoms with Gasteiger partial charge in [0.25, 0.3) is 0 Å². The maximum atomic E-state index is 11.8. The van der Waals surface area contributed by atoms with Gasteiger partial charge in [0.1, 0.15) is 17.5 Å². The number of carbonyl (C=O) groups is 1. The number of amides is 1. The molecule has 0 aliphatic rings. The Morgan fingerprint density at radius 1 is 1.38 bits per heavy atom. The predicted octanol–water partition coefficient (Wildman–Crippen LogP) is 2.26. The number of hydrogen-bond acceptors (Lipinski definition) is 5. The summed E-state index contributed by atoms with van der Waals surface area (Å²) in [5.41, 5.74) is 0.00609. The normalized spacial score (nSPS) is 10.7. The standard InChI is InChI=1S/C15H22N4O2/c1-15(2,3)21-14(20)19(5)10-9-18(4)13-12(11-16)7-6-8-17-13/h6-8H,9-10H2,1-5H3. The van der Waals surface area contributed by atoms with E-state index >= 15 is 0 Å². The summed E-state index contributed by atoms with van der Waals surface area (Å²) in [5.74, 6) is 0.609. The molecule has 0 aliphatic carbocycles. The summed E-state index contributed by atoms with van der Waals surface area (Å²) in [6.45, 7) is 6.53. The lowest BCUT2D eigenvalue weighted by Crippen LogP contribution is -2.38. The molecule has 0 radical (unpaired) electrons. The maximum absolute atomic E-state index is 11.8. The fourth-order valence-electron chi connectivity index (χ4n) is 1.63. The van der Waals surface area contributed by atoms with Gasteiger partial charge in [-0.2, -0.15) is 5.26 Å². The minimum Gasteiger partial charge on any atom is -0.444 e. The van der Waals surface area contributed by atoms with E-state index in [2.05, 4.69) is 11.1 Å². The van der Waals surface area contributed by atoms with E-state index < -0.39 is 5.60 Å². The first-order valence-corrected chi connectivity index (χ1v) is 6.75. The number of likely N-dealkylation sites (N-methyl/N-ethyl adjacent to an activating group) is 2. The Morgan fingerprint density at radius 3 is 2.62 bits per heavy atom. The average molecular weight is 290 g/mol. The molecule has 6 nitrogen and oxygen atoms in total. The highest BCUT2D eigenvalue weighted by molar-refractivity contribution is 5.67. The summed E-state index contributed by atoms with van der Waals surface area (Å²) >= 11 is 0. The second-order valence-electron chi connectivity index (χ2n) is 5.81. The third-order valence-electron chi connectivity index (χ3n) is 2.74. The Bertz CT molecular complexity index is 531. The summed E-state index contributed by atoms with van der Waals surface area (Å²) < 4.78 is 5.28. The molecule has 1 aromatic rings. The predicted molar refractivity (Wildman–Crippen MR) is 81.1 cm³/mol. The molecule has 0 fully saturated rings. The summed E-state index contributed by atoms with van der Waals surface area (Å²) in [5, 5.41) is 9.06. The van der Waals surface area contributed by atoms with Crippen molar-refractivity contribution in [1.29, 1.82) is 5.26 Å². The molecule has 0 bridgehead atoms. The van der Waals surface area contributed by atoms with Gasteiger partial charge in [-0.25, -0.2) is 9.78 Å². The van der Waals surface area contributed by atoms with Gasteiger partial charge in [0.05, 0.1) is 5.56 Å². The highest BCUT2D eigenvalue weighted by atomic mass is 16.6. The van der Waals surface area contributed by atoms with Gasteiger partial charge in [-0.05, 0) is 32.9 Å². The van der Waals surface area contributed by atoms with Crippen LogP contribution < -0.4 is 4.90 Å². The number of ether oxygens (including phenoxy) is 1. The minimum absolute atomic E-state index is 0.363. The van der Waals surface area contributed by atoms with Crippen LogP contribution in [0, 0.1) is 11.3 Å². The molecule has 1 amide bonds. The number of anilines is 1. The first-order chi connectivity index (χ1) is 9.74. The van der Waals surface area contributed by atoms with Gasteiger partial charge < -0.3 is 14.5 Å². The van der Waals surface area contributed by atoms with Gasteiger partial charge in [0.15, 0.2) is 0 Å². The van der Waals surface area contributed by atoms with Crippen LogP contribution in [0.1, 0.15) is 26.3 Å². The first-order valence-electron chi connectivity index (χ1n) is 6.75. The van der Waals surface area contributed by atoms with E-state index in [4.69, 9.17) is 10.00 Å². The van der Waals surface area contributed by atoms with Gasteiger partial charge in [-0.1, -0.05) is 0 Å². The number of rotatable bonds is 4. The van der Waals surface area contributed by atoms with Crippen LogP contribution >= 0.6 is 0 Å². The fourth-order valence-corrected chi connectivity index (χ4v) is 1.63. The Morgan fingerprint density at radius 2 is 2.05 bits per heavy atom. The number of carbonyl (C=O) groups excluding carboxylic acids is 1. The van der Waals surface area contributed by atoms with Crippen molar-refractivity contribution < 1.29 is 9.53 Å². The first kappa shape index (κ1) is 16.8. The molecule has 0 N–H and O–H groups in total. The van der Waals surface area contributed by atoms with Gasteiger partial charge in [0.2, 0.25) is 0 Å². The molecule has 114 valence electrons. The highest BCUT2D eigenvalue weighted by Crippen LogP contribution is 2.14. The van der Waals surface area contributed by atoms with E-state index in [-0.39, 0.29) is 6.09 Å². The third kappa shape index (κ3) is 5.30. The molecule has 1 rings (SSSR count). The molecule has 0 saturated carbocycles. The molecular weight excluding hydrogens is 268 g/mol. The van der Waals surface area contributed by atoms with Crippen molar-refractivity contribution in [3.8, 4) is 6.07 Å². The number of aromatic nitrogens is 1. The largest absolute Gasteiger partial charge is 0.444 e. The summed E-state index contributed by atoms with van der Waals surface area (Å²) in [7, 11) is 3.53. The van der Waals surface area contributed by atoms with Crippen molar-refractivity contribution in [2.75, 3.05) is 32.1 Å². The molecular formula is C15H22N4O2. The molecule has 1 aromatic heterocycles. The van der Waals surface area contributed by atoms with Crippen LogP contribution in [-0.2, 0) is 4.74 Å². The Balaban J connectivity index is 2.59. The molecule has 0 saturated heterocycles. The van der Waals surface area contributed by atoms with Crippen molar-refractivity contribution in [2.45, 2.75) is 26.4 Å². The van der Waals surface area contributed by atoms with Gasteiger partial charge in [-0.3, -0.25) is 0 Å². The fraction of sp³-hybridized carbons (Fsp3) is 0.533. The summed E-state index contributed by atoms with van der Waals surface area (Å²) in [6, 6.07) is 5.55. The van der Waals surface area contributed by atoms with Gasteiger partial charge in [-0.15, -0.1) is 0 Å². The quantitative estimate of drug-likeness (QED) is 0.850. The number of hydrogen-bond donors (Lipinski definition) is 0. The van der Waals surface area contributed by atoms with Crippen molar-refractivity contribution in [1.82, 2.24) is 9.88 Å². The topological polar surface area (TPSA) is 69.5 Å². The lowest BCUT2D eigenvalue weighted by atomic mass is 10.2. The second-order valence-corrected chi connectivity index (χ2v) is 5.81. The molecule has 0 spiro atoms. The van der Waals surface area contributed by atoms with Crippen molar-refractivity contribution in [3.63, 3.8) is 0 Å². The van der Waals surface area contributed by atoms with Crippen LogP contribution in [0.2, 0.25) is 0 Å². The zero-order valence-corrected chi connectivity index (χ0v) is 13.3. The highest BCUT2D eigenvalue weighted by Gasteiger charge is 2.20. The molecule has 0 unspecified atom stereocenters. The van der Waals surface area contributed by atoms with Gasteiger partial charge >= 0.3 is 6.09 Å². The average Bonchev–Trinajstić information content (AvgIpc) is 2.42. The zero-order chi connectivity index (χ0) is 16.0. The molecule has 0 aromatic carbocycles. The number of nitriles is 1. The van der Waals surface area contributed by atoms with E-state index in [9.17, 15) is 4.79 Å². The van der Waals surface area contributed by atoms with Crippen molar-refractivity contribution in [3.05, 3.63) is 23.9 Å². The van der Waals surface area contributed by atoms with Crippen LogP contribution in [0.5, 0.6) is 0 Å². The van der Waals surface area contributed by atoms with Gasteiger partial charge in [0, 0.05) is 33.4 Å². The lowest BCUT2D eigenvalue weighted by molar-refractivity contribution is 0.0303. The van der Waals surface area contributed by atoms with E-state index in [1.807, 2.05) is 32.7 Å². The second kappa shape index (κ2) is 6.93. The number of pyridine rings is 1. The Hall–Kier alpha value is -2.29. The van der Waals surface area contributed by atoms with Crippen LogP contribution in [0.25, 0.3) is 0 Å². The molecule has 6 heteroatoms. The SMILES string of the molecule is CN(CCN(C)c1ncccc1C#N)C(=O)OC(C)(C)C. The van der Waals surface area contributed by atoms with E-state index in [1.54, 1.807) is 25.4 Å². The monoisotopic (exact) mass is 290 g/mol. The molecule has 0 atom stereocenters. The van der Waals surface area contributed by atoms with Crippen molar-refractivity contribution in [2.24, 2.45) is 0 Å². The lowest BCUT2D eigenvalue weighted by Gasteiger charge is -2.26. The molecule has 21 heavy (non-hydrogen) atoms. The summed E-state index contributed by atoms with van der Waals surface area (Å²) in [4.78, 5) is 19.4. The smallest absolute Gasteiger partial charge is 0.410 e. The van der Waals surface area contributed by atoms with Crippen LogP contribution in [0.3, 0.4) is 0 Å². The number of nitrogens with zero attached hydrogens (tertiary/aromatic N) is 4. The van der Waals surface area contributed by atoms with Crippen LogP contribution in [0.4, 0.5) is 10.6 Å². The Kier molecular flexibility index (Phi) is 5.53. The minimum atomic E-state index is -0.508. The molecule has 1 heterocycles. The van der Waals surface area contributed by atoms with E-state index in [0.717, 1.165) is 0 Å². The zero-order valence-electron chi connectivity index (χ0n) is 13.3.